The molecule has 0 aromatic heterocycles. The molecule has 0 amide bonds. The van der Waals surface area contributed by atoms with Crippen LogP contribution in [0.3, 0.4) is 0 Å². The maximum atomic E-state index is 5.98. The highest BCUT2D eigenvalue weighted by Gasteiger charge is 2.10. The molecular formula is C17H30N2. The molecule has 0 saturated carbocycles. The Hall–Kier alpha value is -0.860. The largest absolute Gasteiger partial charge is 0.326 e. The van der Waals surface area contributed by atoms with E-state index in [0.29, 0.717) is 0 Å². The minimum Gasteiger partial charge on any atom is -0.326 e. The van der Waals surface area contributed by atoms with Crippen molar-refractivity contribution in [2.45, 2.75) is 59.9 Å². The molecule has 1 rings (SSSR count). The van der Waals surface area contributed by atoms with E-state index < -0.39 is 0 Å². The van der Waals surface area contributed by atoms with Gasteiger partial charge in [0.15, 0.2) is 0 Å². The van der Waals surface area contributed by atoms with E-state index >= 15 is 0 Å². The summed E-state index contributed by atoms with van der Waals surface area (Å²) in [5.41, 5.74) is 13.1. The maximum absolute atomic E-state index is 5.98. The highest BCUT2D eigenvalue weighted by Crippen LogP contribution is 2.21. The molecule has 0 aliphatic rings. The molecule has 0 unspecified atom stereocenters. The maximum Gasteiger partial charge on any atom is 0.0109 e. The van der Waals surface area contributed by atoms with E-state index in [1.165, 1.54) is 27.8 Å². The molecule has 0 saturated heterocycles. The van der Waals surface area contributed by atoms with Gasteiger partial charge in [-0.2, -0.15) is 0 Å². The number of hydrogen-bond acceptors (Lipinski definition) is 2. The van der Waals surface area contributed by atoms with Crippen LogP contribution in [-0.2, 0) is 6.42 Å². The summed E-state index contributed by atoms with van der Waals surface area (Å²) in [5, 5.41) is 3.50. The van der Waals surface area contributed by atoms with Crippen molar-refractivity contribution in [2.24, 2.45) is 5.73 Å². The lowest BCUT2D eigenvalue weighted by atomic mass is 9.92. The summed E-state index contributed by atoms with van der Waals surface area (Å²) in [7, 11) is 0. The first-order chi connectivity index (χ1) is 8.72. The van der Waals surface area contributed by atoms with Crippen LogP contribution in [-0.4, -0.2) is 18.6 Å². The van der Waals surface area contributed by atoms with Crippen LogP contribution in [0.4, 0.5) is 0 Å². The molecule has 0 radical (unpaired) electrons. The van der Waals surface area contributed by atoms with Crippen molar-refractivity contribution in [3.8, 4) is 0 Å². The lowest BCUT2D eigenvalue weighted by Crippen LogP contribution is -2.36. The SMILES string of the molecule is Cc1cc(C)c(C)c(CCNCCC(C)(C)N)c1C. The fourth-order valence-corrected chi connectivity index (χ4v) is 2.42. The highest BCUT2D eigenvalue weighted by atomic mass is 14.9. The Kier molecular flexibility index (Phi) is 5.57. The van der Waals surface area contributed by atoms with Gasteiger partial charge in [-0.15, -0.1) is 0 Å². The fourth-order valence-electron chi connectivity index (χ4n) is 2.42. The van der Waals surface area contributed by atoms with E-state index in [9.17, 15) is 0 Å². The fraction of sp³-hybridized carbons (Fsp3) is 0.647. The van der Waals surface area contributed by atoms with Gasteiger partial charge in [-0.1, -0.05) is 6.07 Å². The first kappa shape index (κ1) is 16.2. The van der Waals surface area contributed by atoms with Crippen LogP contribution in [0.1, 0.15) is 48.1 Å². The van der Waals surface area contributed by atoms with Gasteiger partial charge in [-0.3, -0.25) is 0 Å². The molecule has 0 heterocycles. The zero-order valence-corrected chi connectivity index (χ0v) is 13.5. The quantitative estimate of drug-likeness (QED) is 0.773. The third kappa shape index (κ3) is 4.96. The van der Waals surface area contributed by atoms with Gasteiger partial charge in [0.05, 0.1) is 0 Å². The summed E-state index contributed by atoms with van der Waals surface area (Å²) >= 11 is 0. The predicted octanol–water partition coefficient (Wildman–Crippen LogP) is 3.18. The number of hydrogen-bond donors (Lipinski definition) is 2. The Morgan fingerprint density at radius 1 is 1.00 bits per heavy atom. The van der Waals surface area contributed by atoms with Crippen LogP contribution < -0.4 is 11.1 Å². The Morgan fingerprint density at radius 3 is 2.00 bits per heavy atom. The summed E-state index contributed by atoms with van der Waals surface area (Å²) in [4.78, 5) is 0. The van der Waals surface area contributed by atoms with Gasteiger partial charge in [-0.05, 0) is 95.3 Å². The van der Waals surface area contributed by atoms with Gasteiger partial charge >= 0.3 is 0 Å². The van der Waals surface area contributed by atoms with Crippen LogP contribution in [0.25, 0.3) is 0 Å². The van der Waals surface area contributed by atoms with Gasteiger partial charge in [0.1, 0.15) is 0 Å². The van der Waals surface area contributed by atoms with Crippen molar-refractivity contribution in [1.82, 2.24) is 5.32 Å². The number of rotatable bonds is 6. The van der Waals surface area contributed by atoms with Crippen LogP contribution >= 0.6 is 0 Å². The summed E-state index contributed by atoms with van der Waals surface area (Å²) in [6, 6.07) is 2.29. The Bertz CT molecular complexity index is 402. The van der Waals surface area contributed by atoms with E-state index in [-0.39, 0.29) is 5.54 Å². The molecule has 3 N–H and O–H groups in total. The van der Waals surface area contributed by atoms with Crippen molar-refractivity contribution in [1.29, 1.82) is 0 Å². The third-order valence-electron chi connectivity index (χ3n) is 4.02. The van der Waals surface area contributed by atoms with E-state index in [1.807, 2.05) is 0 Å². The topological polar surface area (TPSA) is 38.0 Å². The van der Waals surface area contributed by atoms with Crippen molar-refractivity contribution < 1.29 is 0 Å². The van der Waals surface area contributed by atoms with Crippen LogP contribution in [0.5, 0.6) is 0 Å². The predicted molar refractivity (Wildman–Crippen MR) is 84.8 cm³/mol. The minimum atomic E-state index is -0.0707. The van der Waals surface area contributed by atoms with Crippen molar-refractivity contribution >= 4 is 0 Å². The Labute approximate surface area is 118 Å². The summed E-state index contributed by atoms with van der Waals surface area (Å²) in [6.07, 6.45) is 2.11. The lowest BCUT2D eigenvalue weighted by molar-refractivity contribution is 0.456. The first-order valence-electron chi connectivity index (χ1n) is 7.28. The van der Waals surface area contributed by atoms with Gasteiger partial charge in [0.2, 0.25) is 0 Å². The van der Waals surface area contributed by atoms with Crippen molar-refractivity contribution in [3.05, 3.63) is 33.9 Å². The molecule has 2 nitrogen and oxygen atoms in total. The van der Waals surface area contributed by atoms with E-state index in [0.717, 1.165) is 25.9 Å². The monoisotopic (exact) mass is 262 g/mol. The molecule has 19 heavy (non-hydrogen) atoms. The number of nitrogens with two attached hydrogens (primary N) is 1. The van der Waals surface area contributed by atoms with E-state index in [1.54, 1.807) is 0 Å². The second-order valence-electron chi connectivity index (χ2n) is 6.48. The molecule has 0 aliphatic carbocycles. The zero-order chi connectivity index (χ0) is 14.6. The molecule has 0 atom stereocenters. The van der Waals surface area contributed by atoms with Gasteiger partial charge in [0.25, 0.3) is 0 Å². The van der Waals surface area contributed by atoms with Crippen LogP contribution in [0, 0.1) is 27.7 Å². The average molecular weight is 262 g/mol. The molecule has 0 bridgehead atoms. The molecule has 0 aliphatic heterocycles. The molecule has 108 valence electrons. The number of aryl methyl sites for hydroxylation is 2. The van der Waals surface area contributed by atoms with Gasteiger partial charge in [-0.25, -0.2) is 0 Å². The molecule has 1 aromatic carbocycles. The van der Waals surface area contributed by atoms with Gasteiger partial charge in [0, 0.05) is 5.54 Å². The summed E-state index contributed by atoms with van der Waals surface area (Å²) in [6.45, 7) is 15.1. The third-order valence-corrected chi connectivity index (χ3v) is 4.02. The normalized spacial score (nSPS) is 11.9. The summed E-state index contributed by atoms with van der Waals surface area (Å²) in [5.74, 6) is 0. The molecule has 0 fully saturated rings. The van der Waals surface area contributed by atoms with Gasteiger partial charge < -0.3 is 11.1 Å². The Morgan fingerprint density at radius 2 is 1.53 bits per heavy atom. The number of benzene rings is 1. The van der Waals surface area contributed by atoms with Crippen LogP contribution in [0.15, 0.2) is 6.07 Å². The van der Waals surface area contributed by atoms with Crippen molar-refractivity contribution in [3.63, 3.8) is 0 Å². The molecule has 2 heteroatoms. The van der Waals surface area contributed by atoms with Crippen molar-refractivity contribution in [2.75, 3.05) is 13.1 Å². The minimum absolute atomic E-state index is 0.0707. The average Bonchev–Trinajstić information content (AvgIpc) is 2.29. The van der Waals surface area contributed by atoms with E-state index in [4.69, 9.17) is 5.73 Å². The van der Waals surface area contributed by atoms with E-state index in [2.05, 4.69) is 52.9 Å². The lowest BCUT2D eigenvalue weighted by Gasteiger charge is -2.19. The van der Waals surface area contributed by atoms with Crippen LogP contribution in [0.2, 0.25) is 0 Å². The first-order valence-corrected chi connectivity index (χ1v) is 7.28. The number of nitrogens with one attached hydrogen (secondary N) is 1. The molecular weight excluding hydrogens is 232 g/mol. The zero-order valence-electron chi connectivity index (χ0n) is 13.5. The second-order valence-corrected chi connectivity index (χ2v) is 6.48. The second kappa shape index (κ2) is 6.53. The highest BCUT2D eigenvalue weighted by molar-refractivity contribution is 5.44. The molecule has 1 aromatic rings. The Balaban J connectivity index is 2.54. The summed E-state index contributed by atoms with van der Waals surface area (Å²) < 4.78 is 0. The standard InChI is InChI=1S/C17H30N2/c1-12-11-13(2)15(4)16(14(12)3)7-9-19-10-8-17(5,6)18/h11,19H,7-10,18H2,1-6H3. The smallest absolute Gasteiger partial charge is 0.0109 e. The molecule has 0 spiro atoms.